The van der Waals surface area contributed by atoms with Gasteiger partial charge < -0.3 is 10.3 Å². The zero-order chi connectivity index (χ0) is 14.6. The van der Waals surface area contributed by atoms with E-state index in [1.807, 2.05) is 12.1 Å². The fourth-order valence-corrected chi connectivity index (χ4v) is 2.67. The lowest BCUT2D eigenvalue weighted by Crippen LogP contribution is -2.31. The largest absolute Gasteiger partial charge is 0.339 e. The van der Waals surface area contributed by atoms with E-state index in [4.69, 9.17) is 10.3 Å². The van der Waals surface area contributed by atoms with E-state index in [1.165, 1.54) is 10.5 Å². The number of aromatic nitrogens is 2. The van der Waals surface area contributed by atoms with Gasteiger partial charge in [0.05, 0.1) is 11.2 Å². The molecule has 0 radical (unpaired) electrons. The number of hydrogen-bond acceptors (Lipinski definition) is 5. The SMILES string of the molecule is CCC(C)(CN)c1nc(CSc2ccccc2C)no1. The van der Waals surface area contributed by atoms with Crippen molar-refractivity contribution < 1.29 is 4.52 Å². The molecular weight excluding hydrogens is 270 g/mol. The Kier molecular flexibility index (Phi) is 4.83. The molecule has 0 saturated carbocycles. The van der Waals surface area contributed by atoms with Gasteiger partial charge in [0.15, 0.2) is 5.82 Å². The number of nitrogens with zero attached hydrogens (tertiary/aromatic N) is 2. The second kappa shape index (κ2) is 6.41. The molecule has 1 atom stereocenters. The molecule has 0 spiro atoms. The van der Waals surface area contributed by atoms with Gasteiger partial charge in [-0.15, -0.1) is 11.8 Å². The Labute approximate surface area is 124 Å². The van der Waals surface area contributed by atoms with Gasteiger partial charge in [0.1, 0.15) is 0 Å². The van der Waals surface area contributed by atoms with Crippen LogP contribution in [-0.4, -0.2) is 16.7 Å². The topological polar surface area (TPSA) is 64.9 Å². The van der Waals surface area contributed by atoms with Crippen molar-refractivity contribution in [1.82, 2.24) is 10.1 Å². The normalized spacial score (nSPS) is 14.2. The predicted octanol–water partition coefficient (Wildman–Crippen LogP) is 3.30. The van der Waals surface area contributed by atoms with Gasteiger partial charge in [-0.25, -0.2) is 0 Å². The number of hydrogen-bond donors (Lipinski definition) is 1. The molecule has 0 amide bonds. The van der Waals surface area contributed by atoms with E-state index in [2.05, 4.69) is 43.0 Å². The molecule has 2 aromatic rings. The van der Waals surface area contributed by atoms with Gasteiger partial charge in [-0.05, 0) is 31.9 Å². The van der Waals surface area contributed by atoms with E-state index in [0.29, 0.717) is 18.2 Å². The van der Waals surface area contributed by atoms with Gasteiger partial charge >= 0.3 is 0 Å². The number of thioether (sulfide) groups is 1. The van der Waals surface area contributed by atoms with Gasteiger partial charge in [0.2, 0.25) is 5.89 Å². The molecule has 0 aliphatic carbocycles. The summed E-state index contributed by atoms with van der Waals surface area (Å²) in [6.07, 6.45) is 0.885. The molecule has 2 N–H and O–H groups in total. The third-order valence-corrected chi connectivity index (χ3v) is 4.84. The summed E-state index contributed by atoms with van der Waals surface area (Å²) in [5, 5.41) is 4.06. The minimum absolute atomic E-state index is 0.224. The first-order valence-electron chi connectivity index (χ1n) is 6.80. The summed E-state index contributed by atoms with van der Waals surface area (Å²) in [6, 6.07) is 8.29. The van der Waals surface area contributed by atoms with E-state index in [0.717, 1.165) is 12.2 Å². The zero-order valence-electron chi connectivity index (χ0n) is 12.2. The summed E-state index contributed by atoms with van der Waals surface area (Å²) in [4.78, 5) is 5.74. The van der Waals surface area contributed by atoms with Crippen LogP contribution in [0.25, 0.3) is 0 Å². The van der Waals surface area contributed by atoms with Crippen LogP contribution in [0.15, 0.2) is 33.7 Å². The molecule has 0 bridgehead atoms. The highest BCUT2D eigenvalue weighted by Gasteiger charge is 2.29. The molecule has 1 aromatic carbocycles. The van der Waals surface area contributed by atoms with Gasteiger partial charge in [-0.2, -0.15) is 4.98 Å². The van der Waals surface area contributed by atoms with Crippen LogP contribution in [0.3, 0.4) is 0 Å². The summed E-state index contributed by atoms with van der Waals surface area (Å²) < 4.78 is 5.38. The van der Waals surface area contributed by atoms with Crippen molar-refractivity contribution in [3.05, 3.63) is 41.5 Å². The molecule has 1 unspecified atom stereocenters. The standard InChI is InChI=1S/C15H21N3OS/c1-4-15(3,10-16)14-17-13(18-19-14)9-20-12-8-6-5-7-11(12)2/h5-8H,4,9-10,16H2,1-3H3. The molecule has 1 heterocycles. The monoisotopic (exact) mass is 291 g/mol. The third kappa shape index (κ3) is 3.22. The molecule has 1 aromatic heterocycles. The Morgan fingerprint density at radius 3 is 2.75 bits per heavy atom. The van der Waals surface area contributed by atoms with Gasteiger partial charge in [0, 0.05) is 11.4 Å². The van der Waals surface area contributed by atoms with Crippen molar-refractivity contribution in [2.24, 2.45) is 5.73 Å². The average molecular weight is 291 g/mol. The minimum atomic E-state index is -0.224. The first kappa shape index (κ1) is 15.1. The second-order valence-corrected chi connectivity index (χ2v) is 6.21. The maximum Gasteiger partial charge on any atom is 0.233 e. The minimum Gasteiger partial charge on any atom is -0.339 e. The summed E-state index contributed by atoms with van der Waals surface area (Å²) >= 11 is 1.72. The highest BCUT2D eigenvalue weighted by Crippen LogP contribution is 2.27. The maximum atomic E-state index is 5.81. The van der Waals surface area contributed by atoms with Crippen LogP contribution in [0.2, 0.25) is 0 Å². The summed E-state index contributed by atoms with van der Waals surface area (Å²) in [6.45, 7) is 6.75. The first-order valence-corrected chi connectivity index (χ1v) is 7.79. The second-order valence-electron chi connectivity index (χ2n) is 5.19. The Bertz CT molecular complexity index is 564. The molecule has 0 aliphatic heterocycles. The average Bonchev–Trinajstić information content (AvgIpc) is 2.95. The molecule has 20 heavy (non-hydrogen) atoms. The Hall–Kier alpha value is -1.33. The Morgan fingerprint density at radius 2 is 2.10 bits per heavy atom. The lowest BCUT2D eigenvalue weighted by atomic mass is 9.88. The number of benzene rings is 1. The summed E-state index contributed by atoms with van der Waals surface area (Å²) in [5.74, 6) is 2.07. The van der Waals surface area contributed by atoms with Crippen molar-refractivity contribution in [3.8, 4) is 0 Å². The van der Waals surface area contributed by atoms with E-state index in [1.54, 1.807) is 11.8 Å². The smallest absolute Gasteiger partial charge is 0.233 e. The van der Waals surface area contributed by atoms with Crippen LogP contribution in [0.4, 0.5) is 0 Å². The lowest BCUT2D eigenvalue weighted by Gasteiger charge is -2.20. The molecule has 4 nitrogen and oxygen atoms in total. The lowest BCUT2D eigenvalue weighted by molar-refractivity contribution is 0.289. The van der Waals surface area contributed by atoms with Gasteiger partial charge in [-0.1, -0.05) is 30.3 Å². The van der Waals surface area contributed by atoms with Crippen molar-refractivity contribution in [2.75, 3.05) is 6.54 Å². The Morgan fingerprint density at radius 1 is 1.35 bits per heavy atom. The van der Waals surface area contributed by atoms with Crippen molar-refractivity contribution in [3.63, 3.8) is 0 Å². The number of rotatable bonds is 6. The van der Waals surface area contributed by atoms with E-state index >= 15 is 0 Å². The molecule has 2 rings (SSSR count). The fraction of sp³-hybridized carbons (Fsp3) is 0.467. The predicted molar refractivity (Wildman–Crippen MR) is 81.7 cm³/mol. The molecule has 0 aliphatic rings. The fourth-order valence-electron chi connectivity index (χ4n) is 1.80. The van der Waals surface area contributed by atoms with E-state index < -0.39 is 0 Å². The highest BCUT2D eigenvalue weighted by molar-refractivity contribution is 7.98. The van der Waals surface area contributed by atoms with E-state index in [-0.39, 0.29) is 5.41 Å². The highest BCUT2D eigenvalue weighted by atomic mass is 32.2. The van der Waals surface area contributed by atoms with Crippen molar-refractivity contribution in [2.45, 2.75) is 43.3 Å². The van der Waals surface area contributed by atoms with Crippen LogP contribution >= 0.6 is 11.8 Å². The zero-order valence-corrected chi connectivity index (χ0v) is 13.0. The first-order chi connectivity index (χ1) is 9.59. The van der Waals surface area contributed by atoms with Crippen LogP contribution in [0.1, 0.15) is 37.5 Å². The molecule has 0 saturated heterocycles. The maximum absolute atomic E-state index is 5.81. The quantitative estimate of drug-likeness (QED) is 0.827. The van der Waals surface area contributed by atoms with Crippen LogP contribution in [0, 0.1) is 6.92 Å². The molecular formula is C15H21N3OS. The third-order valence-electron chi connectivity index (χ3n) is 3.67. The van der Waals surface area contributed by atoms with Gasteiger partial charge in [-0.3, -0.25) is 0 Å². The number of aryl methyl sites for hydroxylation is 1. The van der Waals surface area contributed by atoms with Crippen LogP contribution in [0.5, 0.6) is 0 Å². The Balaban J connectivity index is 2.05. The molecule has 108 valence electrons. The number of nitrogens with two attached hydrogens (primary N) is 1. The van der Waals surface area contributed by atoms with Crippen molar-refractivity contribution in [1.29, 1.82) is 0 Å². The van der Waals surface area contributed by atoms with E-state index in [9.17, 15) is 0 Å². The summed E-state index contributed by atoms with van der Waals surface area (Å²) in [5.41, 5.74) is 6.85. The van der Waals surface area contributed by atoms with Crippen LogP contribution < -0.4 is 5.73 Å². The molecule has 5 heteroatoms. The summed E-state index contributed by atoms with van der Waals surface area (Å²) in [7, 11) is 0. The van der Waals surface area contributed by atoms with Crippen molar-refractivity contribution >= 4 is 11.8 Å². The molecule has 0 fully saturated rings. The van der Waals surface area contributed by atoms with Gasteiger partial charge in [0.25, 0.3) is 0 Å². The van der Waals surface area contributed by atoms with Crippen LogP contribution in [-0.2, 0) is 11.2 Å².